The molecular formula is C24H26O10. The molecule has 1 heterocycles. The van der Waals surface area contributed by atoms with Crippen LogP contribution in [0.2, 0.25) is 0 Å². The summed E-state index contributed by atoms with van der Waals surface area (Å²) in [5.41, 5.74) is 0. The van der Waals surface area contributed by atoms with Gasteiger partial charge in [0.25, 0.3) is 0 Å². The molecule has 2 aromatic rings. The van der Waals surface area contributed by atoms with Gasteiger partial charge in [0, 0.05) is 27.7 Å². The highest BCUT2D eigenvalue weighted by atomic mass is 16.7. The minimum absolute atomic E-state index is 0.324. The van der Waals surface area contributed by atoms with Crippen molar-refractivity contribution in [2.45, 2.75) is 58.4 Å². The molecule has 2 aromatic carbocycles. The Bertz CT molecular complexity index is 1060. The fourth-order valence-electron chi connectivity index (χ4n) is 3.66. The summed E-state index contributed by atoms with van der Waals surface area (Å²) in [5.74, 6) is -2.31. The molecule has 0 radical (unpaired) electrons. The summed E-state index contributed by atoms with van der Waals surface area (Å²) in [6.45, 7) is 4.37. The zero-order valence-electron chi connectivity index (χ0n) is 19.2. The molecule has 1 aliphatic heterocycles. The summed E-state index contributed by atoms with van der Waals surface area (Å²) < 4.78 is 33.1. The Labute approximate surface area is 196 Å². The first kappa shape index (κ1) is 25.0. The van der Waals surface area contributed by atoms with Crippen LogP contribution in [0.5, 0.6) is 5.75 Å². The molecule has 0 saturated carbocycles. The molecule has 0 bridgehead atoms. The third kappa shape index (κ3) is 6.44. The van der Waals surface area contributed by atoms with Crippen LogP contribution in [0.4, 0.5) is 0 Å². The molecule has 1 aliphatic rings. The van der Waals surface area contributed by atoms with E-state index in [1.807, 2.05) is 30.3 Å². The van der Waals surface area contributed by atoms with E-state index in [1.54, 1.807) is 12.1 Å². The molecule has 0 N–H and O–H groups in total. The van der Waals surface area contributed by atoms with Gasteiger partial charge in [-0.1, -0.05) is 30.3 Å². The quantitative estimate of drug-likeness (QED) is 0.436. The lowest BCUT2D eigenvalue weighted by molar-refractivity contribution is -0.288. The van der Waals surface area contributed by atoms with Crippen LogP contribution in [0.3, 0.4) is 0 Å². The summed E-state index contributed by atoms with van der Waals surface area (Å²) in [4.78, 5) is 47.0. The molecule has 182 valence electrons. The van der Waals surface area contributed by atoms with Gasteiger partial charge in [0.05, 0.1) is 0 Å². The van der Waals surface area contributed by atoms with E-state index in [2.05, 4.69) is 0 Å². The Hall–Kier alpha value is -3.66. The molecule has 0 spiro atoms. The SMILES string of the molecule is CC(=O)OCC1O[C@@H](Oc2ccc3ccccc3c2)[C@@H](OC(C)=O)[C@@H](OC(C)=O)[C@H]1OC(C)=O. The van der Waals surface area contributed by atoms with Crippen molar-refractivity contribution in [3.63, 3.8) is 0 Å². The van der Waals surface area contributed by atoms with Gasteiger partial charge in [-0.05, 0) is 22.9 Å². The van der Waals surface area contributed by atoms with Crippen LogP contribution < -0.4 is 4.74 Å². The van der Waals surface area contributed by atoms with Gasteiger partial charge in [-0.3, -0.25) is 19.2 Å². The lowest BCUT2D eigenvalue weighted by atomic mass is 9.98. The molecule has 3 rings (SSSR count). The lowest BCUT2D eigenvalue weighted by Crippen LogP contribution is -2.63. The largest absolute Gasteiger partial charge is 0.463 e. The second kappa shape index (κ2) is 11.0. The molecule has 0 aromatic heterocycles. The van der Waals surface area contributed by atoms with Gasteiger partial charge < -0.3 is 28.4 Å². The summed E-state index contributed by atoms with van der Waals surface area (Å²) in [6.07, 6.45) is -6.16. The normalized spacial score (nSPS) is 24.1. The number of fused-ring (bicyclic) bond motifs is 1. The van der Waals surface area contributed by atoms with Crippen LogP contribution >= 0.6 is 0 Å². The highest BCUT2D eigenvalue weighted by Crippen LogP contribution is 2.31. The van der Waals surface area contributed by atoms with Crippen LogP contribution in [0.1, 0.15) is 27.7 Å². The third-order valence-electron chi connectivity index (χ3n) is 4.92. The first-order chi connectivity index (χ1) is 16.1. The van der Waals surface area contributed by atoms with Crippen molar-refractivity contribution in [1.29, 1.82) is 0 Å². The molecular weight excluding hydrogens is 448 g/mol. The number of hydrogen-bond acceptors (Lipinski definition) is 10. The zero-order chi connectivity index (χ0) is 24.8. The Balaban J connectivity index is 1.98. The molecule has 1 saturated heterocycles. The van der Waals surface area contributed by atoms with E-state index in [0.29, 0.717) is 5.75 Å². The summed E-state index contributed by atoms with van der Waals surface area (Å²) in [6, 6.07) is 12.9. The number of benzene rings is 2. The molecule has 1 fully saturated rings. The summed E-state index contributed by atoms with van der Waals surface area (Å²) in [5, 5.41) is 1.88. The molecule has 0 aliphatic carbocycles. The first-order valence-corrected chi connectivity index (χ1v) is 10.6. The maximum Gasteiger partial charge on any atom is 0.303 e. The highest BCUT2D eigenvalue weighted by molar-refractivity contribution is 5.83. The van der Waals surface area contributed by atoms with Crippen molar-refractivity contribution in [1.82, 2.24) is 0 Å². The average Bonchev–Trinajstić information content (AvgIpc) is 2.75. The Kier molecular flexibility index (Phi) is 8.06. The predicted molar refractivity (Wildman–Crippen MR) is 117 cm³/mol. The van der Waals surface area contributed by atoms with E-state index in [4.69, 9.17) is 28.4 Å². The fourth-order valence-corrected chi connectivity index (χ4v) is 3.66. The monoisotopic (exact) mass is 474 g/mol. The Morgan fingerprint density at radius 3 is 1.94 bits per heavy atom. The standard InChI is InChI=1S/C24H26O10/c1-13(25)29-12-20-21(30-14(2)26)22(31-15(3)27)23(32-16(4)28)24(34-20)33-19-10-9-17-7-5-6-8-18(17)11-19/h5-11,20-24H,12H2,1-4H3/t20?,21-,22-,23-,24+/m0/s1. The highest BCUT2D eigenvalue weighted by Gasteiger charge is 2.53. The van der Waals surface area contributed by atoms with Crippen molar-refractivity contribution in [2.24, 2.45) is 0 Å². The number of esters is 4. The van der Waals surface area contributed by atoms with Crippen molar-refractivity contribution in [3.8, 4) is 5.75 Å². The van der Waals surface area contributed by atoms with Gasteiger partial charge in [-0.15, -0.1) is 0 Å². The molecule has 34 heavy (non-hydrogen) atoms. The second-order valence-electron chi connectivity index (χ2n) is 7.69. The molecule has 10 heteroatoms. The first-order valence-electron chi connectivity index (χ1n) is 10.6. The van der Waals surface area contributed by atoms with E-state index >= 15 is 0 Å². The molecule has 0 amide bonds. The van der Waals surface area contributed by atoms with Gasteiger partial charge in [0.1, 0.15) is 18.5 Å². The second-order valence-corrected chi connectivity index (χ2v) is 7.69. The van der Waals surface area contributed by atoms with Crippen molar-refractivity contribution in [2.75, 3.05) is 6.61 Å². The van der Waals surface area contributed by atoms with Gasteiger partial charge in [0.2, 0.25) is 12.4 Å². The van der Waals surface area contributed by atoms with E-state index < -0.39 is 54.6 Å². The summed E-state index contributed by atoms with van der Waals surface area (Å²) in [7, 11) is 0. The smallest absolute Gasteiger partial charge is 0.303 e. The molecule has 10 nitrogen and oxygen atoms in total. The van der Waals surface area contributed by atoms with Crippen LogP contribution in [0, 0.1) is 0 Å². The average molecular weight is 474 g/mol. The fraction of sp³-hybridized carbons (Fsp3) is 0.417. The van der Waals surface area contributed by atoms with Gasteiger partial charge in [-0.2, -0.15) is 0 Å². The maximum atomic E-state index is 11.9. The molecule has 5 atom stereocenters. The van der Waals surface area contributed by atoms with Crippen molar-refractivity contribution >= 4 is 34.6 Å². The number of carbonyl (C=O) groups is 4. The number of ether oxygens (including phenoxy) is 6. The number of carbonyl (C=O) groups excluding carboxylic acids is 4. The minimum atomic E-state index is -1.29. The van der Waals surface area contributed by atoms with Gasteiger partial charge in [0.15, 0.2) is 12.2 Å². The maximum absolute atomic E-state index is 11.9. The van der Waals surface area contributed by atoms with E-state index in [-0.39, 0.29) is 6.61 Å². The van der Waals surface area contributed by atoms with E-state index in [9.17, 15) is 19.2 Å². The van der Waals surface area contributed by atoms with Crippen LogP contribution in [-0.4, -0.2) is 61.2 Å². The molecule has 1 unspecified atom stereocenters. The summed E-state index contributed by atoms with van der Waals surface area (Å²) >= 11 is 0. The van der Waals surface area contributed by atoms with Crippen molar-refractivity contribution in [3.05, 3.63) is 42.5 Å². The topological polar surface area (TPSA) is 124 Å². The minimum Gasteiger partial charge on any atom is -0.463 e. The van der Waals surface area contributed by atoms with Gasteiger partial charge >= 0.3 is 23.9 Å². The third-order valence-corrected chi connectivity index (χ3v) is 4.92. The van der Waals surface area contributed by atoms with Crippen LogP contribution in [-0.2, 0) is 42.9 Å². The number of hydrogen-bond donors (Lipinski definition) is 0. The van der Waals surface area contributed by atoms with E-state index in [0.717, 1.165) is 24.6 Å². The van der Waals surface area contributed by atoms with Crippen molar-refractivity contribution < 1.29 is 47.6 Å². The van der Waals surface area contributed by atoms with Crippen LogP contribution in [0.15, 0.2) is 42.5 Å². The van der Waals surface area contributed by atoms with E-state index in [1.165, 1.54) is 13.8 Å². The van der Waals surface area contributed by atoms with Gasteiger partial charge in [-0.25, -0.2) is 0 Å². The lowest BCUT2D eigenvalue weighted by Gasteiger charge is -2.43. The zero-order valence-corrected chi connectivity index (χ0v) is 19.2. The number of rotatable bonds is 7. The van der Waals surface area contributed by atoms with Crippen LogP contribution in [0.25, 0.3) is 10.8 Å². The Morgan fingerprint density at radius 2 is 1.32 bits per heavy atom. The predicted octanol–water partition coefficient (Wildman–Crippen LogP) is 2.30. The Morgan fingerprint density at radius 1 is 0.735 bits per heavy atom.